The normalized spacial score (nSPS) is 13.8. The van der Waals surface area contributed by atoms with Crippen LogP contribution in [0, 0.1) is 13.8 Å². The Morgan fingerprint density at radius 3 is 2.47 bits per heavy atom. The second-order valence-corrected chi connectivity index (χ2v) is 4.96. The molecule has 1 heterocycles. The van der Waals surface area contributed by atoms with Gasteiger partial charge in [0.25, 0.3) is 0 Å². The van der Waals surface area contributed by atoms with Crippen molar-refractivity contribution in [2.24, 2.45) is 5.73 Å². The van der Waals surface area contributed by atoms with Gasteiger partial charge in [0, 0.05) is 24.7 Å². The average Bonchev–Trinajstić information content (AvgIpc) is 2.55. The van der Waals surface area contributed by atoms with Gasteiger partial charge in [-0.15, -0.1) is 0 Å². The van der Waals surface area contributed by atoms with E-state index in [0.29, 0.717) is 6.54 Å². The molecule has 6 heteroatoms. The molecule has 0 fully saturated rings. The Hall–Kier alpha value is -1.04. The minimum atomic E-state index is -4.09. The lowest BCUT2D eigenvalue weighted by atomic mass is 10.0. The van der Waals surface area contributed by atoms with Crippen molar-refractivity contribution in [3.63, 3.8) is 0 Å². The van der Waals surface area contributed by atoms with Crippen LogP contribution in [-0.4, -0.2) is 22.0 Å². The van der Waals surface area contributed by atoms with Crippen molar-refractivity contribution in [3.8, 4) is 0 Å². The summed E-state index contributed by atoms with van der Waals surface area (Å²) < 4.78 is 38.0. The van der Waals surface area contributed by atoms with E-state index >= 15 is 0 Å². The quantitative estimate of drug-likeness (QED) is 0.868. The molecule has 2 N–H and O–H groups in total. The molecule has 1 aromatic rings. The van der Waals surface area contributed by atoms with Crippen LogP contribution in [0.25, 0.3) is 0 Å². The van der Waals surface area contributed by atoms with Crippen molar-refractivity contribution in [2.75, 3.05) is 0 Å². The molecular weight excluding hydrogens is 255 g/mol. The van der Waals surface area contributed by atoms with Gasteiger partial charge in [0.15, 0.2) is 0 Å². The van der Waals surface area contributed by atoms with Crippen LogP contribution in [0.4, 0.5) is 13.2 Å². The maximum Gasteiger partial charge on any atom is 0.389 e. The summed E-state index contributed by atoms with van der Waals surface area (Å²) in [6.45, 7) is 6.09. The number of aromatic nitrogens is 2. The van der Waals surface area contributed by atoms with Crippen LogP contribution in [0.5, 0.6) is 0 Å². The van der Waals surface area contributed by atoms with Crippen LogP contribution >= 0.6 is 0 Å². The highest BCUT2D eigenvalue weighted by Crippen LogP contribution is 2.22. The molecule has 0 radical (unpaired) electrons. The maximum absolute atomic E-state index is 12.1. The summed E-state index contributed by atoms with van der Waals surface area (Å²) in [6, 6.07) is 0.0743. The lowest BCUT2D eigenvalue weighted by molar-refractivity contribution is -0.136. The Morgan fingerprint density at radius 2 is 1.95 bits per heavy atom. The Balaban J connectivity index is 2.68. The van der Waals surface area contributed by atoms with E-state index in [1.165, 1.54) is 0 Å². The highest BCUT2D eigenvalue weighted by molar-refractivity contribution is 5.25. The number of hydrogen-bond acceptors (Lipinski definition) is 2. The van der Waals surface area contributed by atoms with Gasteiger partial charge in [-0.25, -0.2) is 0 Å². The molecule has 0 aromatic carbocycles. The fourth-order valence-electron chi connectivity index (χ4n) is 2.08. The zero-order chi connectivity index (χ0) is 14.6. The standard InChI is InChI=1S/C13H22F3N3/c1-4-11(17)8-12-9(2)18-19(10(12)3)7-5-6-13(14,15)16/h11H,4-8,17H2,1-3H3. The van der Waals surface area contributed by atoms with E-state index in [2.05, 4.69) is 5.10 Å². The molecule has 3 nitrogen and oxygen atoms in total. The molecule has 1 aromatic heterocycles. The molecule has 1 rings (SSSR count). The highest BCUT2D eigenvalue weighted by atomic mass is 19.4. The number of rotatable bonds is 6. The lowest BCUT2D eigenvalue weighted by Gasteiger charge is -2.10. The van der Waals surface area contributed by atoms with Gasteiger partial charge >= 0.3 is 6.18 Å². The van der Waals surface area contributed by atoms with Crippen LogP contribution in [0.1, 0.15) is 43.1 Å². The van der Waals surface area contributed by atoms with Crippen molar-refractivity contribution >= 4 is 0 Å². The average molecular weight is 277 g/mol. The van der Waals surface area contributed by atoms with E-state index < -0.39 is 12.6 Å². The van der Waals surface area contributed by atoms with Gasteiger partial charge in [-0.05, 0) is 38.7 Å². The van der Waals surface area contributed by atoms with E-state index in [1.807, 2.05) is 20.8 Å². The molecule has 19 heavy (non-hydrogen) atoms. The van der Waals surface area contributed by atoms with E-state index in [4.69, 9.17) is 5.73 Å². The Kier molecular flexibility index (Phi) is 5.40. The maximum atomic E-state index is 12.1. The fourth-order valence-corrected chi connectivity index (χ4v) is 2.08. The first-order valence-corrected chi connectivity index (χ1v) is 6.59. The number of aryl methyl sites for hydroxylation is 2. The molecule has 0 aliphatic heterocycles. The van der Waals surface area contributed by atoms with Crippen LogP contribution in [0.2, 0.25) is 0 Å². The first kappa shape index (κ1) is 16.0. The van der Waals surface area contributed by atoms with Gasteiger partial charge in [-0.3, -0.25) is 4.68 Å². The SMILES string of the molecule is CCC(N)Cc1c(C)nn(CCCC(F)(F)F)c1C. The van der Waals surface area contributed by atoms with Crippen molar-refractivity contribution in [1.29, 1.82) is 0 Å². The minimum Gasteiger partial charge on any atom is -0.327 e. The van der Waals surface area contributed by atoms with Crippen molar-refractivity contribution in [2.45, 2.75) is 65.2 Å². The smallest absolute Gasteiger partial charge is 0.327 e. The molecule has 0 bridgehead atoms. The van der Waals surface area contributed by atoms with Gasteiger partial charge in [-0.2, -0.15) is 18.3 Å². The van der Waals surface area contributed by atoms with Crippen LogP contribution in [0.3, 0.4) is 0 Å². The summed E-state index contributed by atoms with van der Waals surface area (Å²) in [4.78, 5) is 0. The summed E-state index contributed by atoms with van der Waals surface area (Å²) in [5, 5.41) is 4.31. The molecule has 0 spiro atoms. The Bertz CT molecular complexity index is 410. The summed E-state index contributed by atoms with van der Waals surface area (Å²) in [5.41, 5.74) is 8.80. The molecule has 1 atom stereocenters. The second kappa shape index (κ2) is 6.41. The Labute approximate surface area is 112 Å². The molecule has 0 saturated heterocycles. The van der Waals surface area contributed by atoms with Crippen molar-refractivity contribution < 1.29 is 13.2 Å². The first-order valence-electron chi connectivity index (χ1n) is 6.59. The third-order valence-electron chi connectivity index (χ3n) is 3.35. The Morgan fingerprint density at radius 1 is 1.32 bits per heavy atom. The summed E-state index contributed by atoms with van der Waals surface area (Å²) in [5.74, 6) is 0. The van der Waals surface area contributed by atoms with Gasteiger partial charge in [0.2, 0.25) is 0 Å². The predicted molar refractivity (Wildman–Crippen MR) is 69.0 cm³/mol. The zero-order valence-corrected chi connectivity index (χ0v) is 11.7. The molecule has 0 aliphatic rings. The third-order valence-corrected chi connectivity index (χ3v) is 3.35. The van der Waals surface area contributed by atoms with Crippen LogP contribution < -0.4 is 5.73 Å². The van der Waals surface area contributed by atoms with Gasteiger partial charge in [0.05, 0.1) is 5.69 Å². The van der Waals surface area contributed by atoms with E-state index in [9.17, 15) is 13.2 Å². The number of nitrogens with two attached hydrogens (primary N) is 1. The first-order chi connectivity index (χ1) is 8.74. The lowest BCUT2D eigenvalue weighted by Crippen LogP contribution is -2.22. The summed E-state index contributed by atoms with van der Waals surface area (Å²) in [7, 11) is 0. The van der Waals surface area contributed by atoms with E-state index in [1.54, 1.807) is 4.68 Å². The number of alkyl halides is 3. The molecule has 0 amide bonds. The van der Waals surface area contributed by atoms with Gasteiger partial charge in [0.1, 0.15) is 0 Å². The number of halogens is 3. The molecule has 0 aliphatic carbocycles. The van der Waals surface area contributed by atoms with E-state index in [-0.39, 0.29) is 12.5 Å². The second-order valence-electron chi connectivity index (χ2n) is 4.96. The third kappa shape index (κ3) is 4.86. The van der Waals surface area contributed by atoms with Crippen LogP contribution in [-0.2, 0) is 13.0 Å². The molecule has 110 valence electrons. The number of nitrogens with zero attached hydrogens (tertiary/aromatic N) is 2. The molecule has 0 saturated carbocycles. The van der Waals surface area contributed by atoms with Gasteiger partial charge in [-0.1, -0.05) is 6.92 Å². The monoisotopic (exact) mass is 277 g/mol. The fraction of sp³-hybridized carbons (Fsp3) is 0.769. The summed E-state index contributed by atoms with van der Waals surface area (Å²) in [6.07, 6.45) is -3.20. The minimum absolute atomic E-state index is 0.0602. The van der Waals surface area contributed by atoms with E-state index in [0.717, 1.165) is 29.8 Å². The topological polar surface area (TPSA) is 43.8 Å². The van der Waals surface area contributed by atoms with Crippen molar-refractivity contribution in [3.05, 3.63) is 17.0 Å². The zero-order valence-electron chi connectivity index (χ0n) is 11.7. The predicted octanol–water partition coefficient (Wildman–Crippen LogP) is 3.12. The van der Waals surface area contributed by atoms with Gasteiger partial charge < -0.3 is 5.73 Å². The highest BCUT2D eigenvalue weighted by Gasteiger charge is 2.26. The molecular formula is C13H22F3N3. The molecule has 1 unspecified atom stereocenters. The largest absolute Gasteiger partial charge is 0.389 e. The van der Waals surface area contributed by atoms with Crippen LogP contribution in [0.15, 0.2) is 0 Å². The van der Waals surface area contributed by atoms with Crippen molar-refractivity contribution in [1.82, 2.24) is 9.78 Å². The summed E-state index contributed by atoms with van der Waals surface area (Å²) >= 11 is 0. The number of hydrogen-bond donors (Lipinski definition) is 1.